The van der Waals surface area contributed by atoms with Crippen LogP contribution in [0.1, 0.15) is 91.9 Å². The van der Waals surface area contributed by atoms with Crippen LogP contribution in [0.3, 0.4) is 0 Å². The minimum Gasteiger partial charge on any atom is -0.550 e. The second-order valence-electron chi connectivity index (χ2n) is 17.8. The largest absolute Gasteiger partial charge is 1.00 e. The Labute approximate surface area is 410 Å². The Morgan fingerprint density at radius 2 is 1.29 bits per heavy atom. The first-order valence-electron chi connectivity index (χ1n) is 22.6. The van der Waals surface area contributed by atoms with Gasteiger partial charge in [0.1, 0.15) is 12.2 Å². The SMILES string of the molecule is CC1C=CC=CCCC=CC=CC=CC=CC(O[C@@H]2O[C@@H](C)[C@@H](O)[C@H](N)[C@@H]2O)CC2OC(O)(CC(O)C(O)CCC(O)CC(O)CC(O)CC(=O)OC(C)C(C)C1O)CC(O)C2C(=O)[O-].[Na+]. The quantitative estimate of drug-likeness (QED) is 0.0971. The zero-order valence-electron chi connectivity index (χ0n) is 38.8. The summed E-state index contributed by atoms with van der Waals surface area (Å²) in [6.07, 6.45) is 1.80. The van der Waals surface area contributed by atoms with Gasteiger partial charge in [-0.1, -0.05) is 86.8 Å². The van der Waals surface area contributed by atoms with Crippen molar-refractivity contribution in [1.82, 2.24) is 0 Å². The second kappa shape index (κ2) is 29.8. The van der Waals surface area contributed by atoms with Crippen molar-refractivity contribution in [2.75, 3.05) is 0 Å². The molecule has 14 unspecified atom stereocenters. The number of hydrogen-bond donors (Lipinski definition) is 11. The number of carbonyl (C=O) groups excluding carboxylic acids is 2. The molecular weight excluding hydrogens is 873 g/mol. The Morgan fingerprint density at radius 1 is 0.712 bits per heavy atom. The number of nitrogens with two attached hydrogens (primary N) is 1. The summed E-state index contributed by atoms with van der Waals surface area (Å²) in [5.41, 5.74) is 6.01. The van der Waals surface area contributed by atoms with Crippen molar-refractivity contribution in [2.45, 2.75) is 189 Å². The summed E-state index contributed by atoms with van der Waals surface area (Å²) < 4.78 is 23.1. The molecule has 0 amide bonds. The molecule has 370 valence electrons. The van der Waals surface area contributed by atoms with Gasteiger partial charge in [-0.05, 0) is 52.4 Å². The van der Waals surface area contributed by atoms with Gasteiger partial charge in [0.15, 0.2) is 12.1 Å². The number of aliphatic hydroxyl groups is 10. The van der Waals surface area contributed by atoms with E-state index in [2.05, 4.69) is 0 Å². The number of ether oxygens (including phenoxy) is 4. The molecule has 0 radical (unpaired) electrons. The third kappa shape index (κ3) is 20.0. The van der Waals surface area contributed by atoms with Crippen molar-refractivity contribution >= 4 is 11.9 Å². The van der Waals surface area contributed by atoms with E-state index in [-0.39, 0.29) is 67.6 Å². The summed E-state index contributed by atoms with van der Waals surface area (Å²) in [7, 11) is 0. The van der Waals surface area contributed by atoms with Gasteiger partial charge >= 0.3 is 35.5 Å². The fourth-order valence-corrected chi connectivity index (χ4v) is 8.10. The van der Waals surface area contributed by atoms with E-state index in [1.807, 2.05) is 49.5 Å². The van der Waals surface area contributed by atoms with E-state index in [0.29, 0.717) is 0 Å². The first-order chi connectivity index (χ1) is 30.6. The van der Waals surface area contributed by atoms with Crippen molar-refractivity contribution in [3.8, 4) is 0 Å². The van der Waals surface area contributed by atoms with Gasteiger partial charge in [-0.2, -0.15) is 0 Å². The monoisotopic (exact) mass is 947 g/mol. The molecule has 2 saturated heterocycles. The summed E-state index contributed by atoms with van der Waals surface area (Å²) >= 11 is 0. The number of esters is 1. The molecule has 66 heavy (non-hydrogen) atoms. The van der Waals surface area contributed by atoms with Gasteiger partial charge in [0.25, 0.3) is 0 Å². The minimum atomic E-state index is -2.38. The average Bonchev–Trinajstić information content (AvgIpc) is 3.21. The third-order valence-corrected chi connectivity index (χ3v) is 12.2. The van der Waals surface area contributed by atoms with Gasteiger partial charge in [-0.15, -0.1) is 0 Å². The van der Waals surface area contributed by atoms with Gasteiger partial charge < -0.3 is 85.6 Å². The van der Waals surface area contributed by atoms with Crippen molar-refractivity contribution in [3.05, 3.63) is 72.9 Å². The fourth-order valence-electron chi connectivity index (χ4n) is 8.10. The average molecular weight is 948 g/mol. The molecular formula is C47H74NNaO17. The molecule has 0 aromatic carbocycles. The maximum absolute atomic E-state index is 12.6. The molecule has 2 fully saturated rings. The number of carbonyl (C=O) groups is 2. The molecule has 3 aliphatic heterocycles. The maximum Gasteiger partial charge on any atom is 1.00 e. The molecule has 3 aliphatic rings. The van der Waals surface area contributed by atoms with Crippen LogP contribution in [0.25, 0.3) is 0 Å². The molecule has 18 nitrogen and oxygen atoms in total. The van der Waals surface area contributed by atoms with Crippen molar-refractivity contribution < 1.29 is 114 Å². The number of fused-ring (bicyclic) bond motifs is 2. The van der Waals surface area contributed by atoms with Gasteiger partial charge in [0.2, 0.25) is 0 Å². The Balaban J connectivity index is 0.0000150. The molecule has 0 saturated carbocycles. The van der Waals surface area contributed by atoms with Crippen LogP contribution in [0.4, 0.5) is 0 Å². The van der Waals surface area contributed by atoms with Gasteiger partial charge in [0, 0.05) is 37.1 Å². The molecule has 2 bridgehead atoms. The molecule has 0 aromatic rings. The van der Waals surface area contributed by atoms with E-state index in [9.17, 15) is 65.8 Å². The predicted molar refractivity (Wildman–Crippen MR) is 234 cm³/mol. The smallest absolute Gasteiger partial charge is 0.550 e. The molecule has 3 heterocycles. The zero-order chi connectivity index (χ0) is 48.4. The Kier molecular flexibility index (Phi) is 27.0. The van der Waals surface area contributed by atoms with E-state index in [1.165, 1.54) is 13.0 Å². The fraction of sp³-hybridized carbons (Fsp3) is 0.702. The summed E-state index contributed by atoms with van der Waals surface area (Å²) in [6.45, 7) is 6.77. The normalized spacial score (nSPS) is 41.7. The molecule has 19 atom stereocenters. The van der Waals surface area contributed by atoms with Crippen LogP contribution in [-0.2, 0) is 28.5 Å². The minimum absolute atomic E-state index is 0. The number of rotatable bonds is 3. The van der Waals surface area contributed by atoms with Crippen molar-refractivity contribution in [3.63, 3.8) is 0 Å². The van der Waals surface area contributed by atoms with Gasteiger partial charge in [0.05, 0.1) is 85.5 Å². The standard InChI is InChI=1S/C47H75NO17.Na/c1-27-17-15-13-11-9-7-5-6-8-10-12-14-16-18-34(64-46-44(58)41(48)43(57)30(4)63-46)24-38-40(45(59)60)37(54)26-47(61,65-38)25-36(53)35(52)20-19-31(49)21-32(50)22-33(51)23-39(55)62-29(3)28(2)42(27)56;/h5-6,8,10-18,27-38,40-44,46,49-54,56-58,61H,7,9,19-26,48H2,1-4H3,(H,59,60);/q;+1/p-1/t27?,28?,29?,30-,31?,32?,33?,34?,35?,36?,37?,38?,40?,41-,42?,43+,44-,46-,47?;/m0./s1. The zero-order valence-corrected chi connectivity index (χ0v) is 40.8. The van der Waals surface area contributed by atoms with E-state index in [1.54, 1.807) is 38.2 Å². The number of allylic oxidation sites excluding steroid dienone is 10. The molecule has 0 aromatic heterocycles. The van der Waals surface area contributed by atoms with Crippen LogP contribution in [-0.4, -0.2) is 160 Å². The van der Waals surface area contributed by atoms with Crippen LogP contribution >= 0.6 is 0 Å². The summed E-state index contributed by atoms with van der Waals surface area (Å²) in [5.74, 6) is -7.22. The van der Waals surface area contributed by atoms with Crippen LogP contribution in [0.5, 0.6) is 0 Å². The predicted octanol–water partition coefficient (Wildman–Crippen LogP) is -3.39. The summed E-state index contributed by atoms with van der Waals surface area (Å²) in [6, 6.07) is -1.15. The van der Waals surface area contributed by atoms with Crippen LogP contribution in [0.15, 0.2) is 72.9 Å². The third-order valence-electron chi connectivity index (χ3n) is 12.2. The van der Waals surface area contributed by atoms with E-state index < -0.39 is 141 Å². The molecule has 12 N–H and O–H groups in total. The molecule has 19 heteroatoms. The summed E-state index contributed by atoms with van der Waals surface area (Å²) in [5, 5.41) is 120. The van der Waals surface area contributed by atoms with Crippen molar-refractivity contribution in [1.29, 1.82) is 0 Å². The molecule has 0 spiro atoms. The number of hydrogen-bond acceptors (Lipinski definition) is 18. The Bertz CT molecular complexity index is 1630. The van der Waals surface area contributed by atoms with Crippen LogP contribution in [0, 0.1) is 17.8 Å². The van der Waals surface area contributed by atoms with Crippen LogP contribution in [0.2, 0.25) is 0 Å². The topological polar surface area (TPSA) is 322 Å². The van der Waals surface area contributed by atoms with E-state index in [0.717, 1.165) is 12.8 Å². The first-order valence-corrected chi connectivity index (χ1v) is 22.6. The number of carboxylic acid groups (broad SMARTS) is 1. The van der Waals surface area contributed by atoms with Crippen LogP contribution < -0.4 is 40.4 Å². The number of cyclic esters (lactones) is 1. The Morgan fingerprint density at radius 3 is 1.94 bits per heavy atom. The number of carboxylic acids is 1. The molecule has 0 aliphatic carbocycles. The van der Waals surface area contributed by atoms with E-state index in [4.69, 9.17) is 24.7 Å². The van der Waals surface area contributed by atoms with Gasteiger partial charge in [-0.3, -0.25) is 4.79 Å². The van der Waals surface area contributed by atoms with Crippen molar-refractivity contribution in [2.24, 2.45) is 23.5 Å². The maximum atomic E-state index is 12.6. The first kappa shape index (κ1) is 59.9. The summed E-state index contributed by atoms with van der Waals surface area (Å²) in [4.78, 5) is 25.0. The van der Waals surface area contributed by atoms with Gasteiger partial charge in [-0.25, -0.2) is 0 Å². The number of aliphatic carboxylic acids is 1. The van der Waals surface area contributed by atoms with E-state index >= 15 is 0 Å². The molecule has 3 rings (SSSR count). The second-order valence-corrected chi connectivity index (χ2v) is 17.8. The Hall–Kier alpha value is -2.18. The number of aliphatic hydroxyl groups excluding tert-OH is 9.